The number of amides is 2. The zero-order valence-corrected chi connectivity index (χ0v) is 14.4. The Morgan fingerprint density at radius 3 is 2.88 bits per heavy atom. The number of fused-ring (bicyclic) bond motifs is 1. The summed E-state index contributed by atoms with van der Waals surface area (Å²) in [6.07, 6.45) is 1.54. The number of rotatable bonds is 4. The molecule has 0 saturated carbocycles. The van der Waals surface area contributed by atoms with E-state index in [2.05, 4.69) is 28.5 Å². The van der Waals surface area contributed by atoms with E-state index in [0.717, 1.165) is 16.3 Å². The molecule has 6 nitrogen and oxygen atoms in total. The van der Waals surface area contributed by atoms with Crippen LogP contribution in [0.5, 0.6) is 0 Å². The molecule has 2 heterocycles. The summed E-state index contributed by atoms with van der Waals surface area (Å²) >= 11 is 0. The van der Waals surface area contributed by atoms with Crippen molar-refractivity contribution in [3.63, 3.8) is 0 Å². The van der Waals surface area contributed by atoms with Gasteiger partial charge in [0.05, 0.1) is 11.7 Å². The van der Waals surface area contributed by atoms with E-state index in [1.54, 1.807) is 11.8 Å². The minimum absolute atomic E-state index is 0.0394. The van der Waals surface area contributed by atoms with Crippen LogP contribution in [0.3, 0.4) is 0 Å². The fourth-order valence-corrected chi connectivity index (χ4v) is 3.43. The van der Waals surface area contributed by atoms with Crippen molar-refractivity contribution in [1.82, 2.24) is 15.2 Å². The Balaban J connectivity index is 1.46. The monoisotopic (exact) mass is 349 g/mol. The summed E-state index contributed by atoms with van der Waals surface area (Å²) in [5.74, 6) is -0.0905. The molecule has 6 heteroatoms. The van der Waals surface area contributed by atoms with Crippen LogP contribution in [0.2, 0.25) is 0 Å². The Labute approximate surface area is 150 Å². The van der Waals surface area contributed by atoms with E-state index in [-0.39, 0.29) is 23.6 Å². The van der Waals surface area contributed by atoms with E-state index in [4.69, 9.17) is 4.42 Å². The number of oxazole rings is 1. The van der Waals surface area contributed by atoms with Gasteiger partial charge in [0, 0.05) is 19.5 Å². The summed E-state index contributed by atoms with van der Waals surface area (Å²) in [7, 11) is 0. The highest BCUT2D eigenvalue weighted by atomic mass is 16.3. The molecular formula is C20H19N3O3. The molecule has 0 aliphatic carbocycles. The Hall–Kier alpha value is -3.15. The number of hydrogen-bond donors (Lipinski definition) is 1. The summed E-state index contributed by atoms with van der Waals surface area (Å²) in [6, 6.07) is 14.0. The van der Waals surface area contributed by atoms with E-state index in [1.165, 1.54) is 6.39 Å². The third kappa shape index (κ3) is 3.06. The van der Waals surface area contributed by atoms with Crippen LogP contribution in [0.1, 0.15) is 28.2 Å². The van der Waals surface area contributed by atoms with Gasteiger partial charge < -0.3 is 14.6 Å². The first-order chi connectivity index (χ1) is 12.6. The van der Waals surface area contributed by atoms with E-state index < -0.39 is 0 Å². The Bertz CT molecular complexity index is 974. The van der Waals surface area contributed by atoms with Crippen LogP contribution in [0.15, 0.2) is 53.3 Å². The van der Waals surface area contributed by atoms with Crippen molar-refractivity contribution < 1.29 is 14.0 Å². The van der Waals surface area contributed by atoms with Gasteiger partial charge in [-0.3, -0.25) is 9.59 Å². The SMILES string of the molecule is Cc1ncoc1C(=O)N[C@@H]1CC(=O)N(Cc2cccc3ccccc23)C1. The number of aryl methyl sites for hydroxylation is 1. The maximum absolute atomic E-state index is 12.4. The molecule has 2 aromatic carbocycles. The number of hydrogen-bond acceptors (Lipinski definition) is 4. The molecule has 3 aromatic rings. The number of benzene rings is 2. The van der Waals surface area contributed by atoms with Gasteiger partial charge in [0.1, 0.15) is 0 Å². The smallest absolute Gasteiger partial charge is 0.289 e. The third-order valence-corrected chi connectivity index (χ3v) is 4.74. The second-order valence-corrected chi connectivity index (χ2v) is 6.55. The second kappa shape index (κ2) is 6.63. The van der Waals surface area contributed by atoms with Gasteiger partial charge in [0.15, 0.2) is 6.39 Å². The standard InChI is InChI=1S/C20H19N3O3/c1-13-19(26-12-21-13)20(25)22-16-9-18(24)23(11-16)10-15-7-4-6-14-5-2-3-8-17(14)15/h2-8,12,16H,9-11H2,1H3,(H,22,25)/t16-/m1/s1. The average Bonchev–Trinajstić information content (AvgIpc) is 3.21. The summed E-state index contributed by atoms with van der Waals surface area (Å²) in [4.78, 5) is 30.4. The van der Waals surface area contributed by atoms with Crippen molar-refractivity contribution in [3.8, 4) is 0 Å². The fourth-order valence-electron chi connectivity index (χ4n) is 3.43. The third-order valence-electron chi connectivity index (χ3n) is 4.74. The minimum atomic E-state index is -0.329. The minimum Gasteiger partial charge on any atom is -0.438 e. The van der Waals surface area contributed by atoms with Crippen LogP contribution in [-0.2, 0) is 11.3 Å². The Kier molecular flexibility index (Phi) is 4.16. The number of nitrogens with zero attached hydrogens (tertiary/aromatic N) is 2. The first-order valence-corrected chi connectivity index (χ1v) is 8.57. The quantitative estimate of drug-likeness (QED) is 0.786. The van der Waals surface area contributed by atoms with Crippen LogP contribution in [0, 0.1) is 6.92 Å². The number of carbonyl (C=O) groups excluding carboxylic acids is 2. The van der Waals surface area contributed by atoms with E-state index in [1.807, 2.05) is 24.3 Å². The van der Waals surface area contributed by atoms with Crippen molar-refractivity contribution in [1.29, 1.82) is 0 Å². The highest BCUT2D eigenvalue weighted by Gasteiger charge is 2.31. The largest absolute Gasteiger partial charge is 0.438 e. The summed E-state index contributed by atoms with van der Waals surface area (Å²) in [6.45, 7) is 2.74. The molecule has 1 fully saturated rings. The van der Waals surface area contributed by atoms with Gasteiger partial charge >= 0.3 is 0 Å². The lowest BCUT2D eigenvalue weighted by atomic mass is 10.0. The molecule has 0 unspecified atom stereocenters. The van der Waals surface area contributed by atoms with Crippen molar-refractivity contribution >= 4 is 22.6 Å². The van der Waals surface area contributed by atoms with Crippen molar-refractivity contribution in [3.05, 3.63) is 65.9 Å². The predicted octanol–water partition coefficient (Wildman–Crippen LogP) is 2.67. The van der Waals surface area contributed by atoms with Gasteiger partial charge in [-0.2, -0.15) is 0 Å². The molecule has 26 heavy (non-hydrogen) atoms. The van der Waals surface area contributed by atoms with Crippen LogP contribution < -0.4 is 5.32 Å². The van der Waals surface area contributed by atoms with E-state index in [0.29, 0.717) is 25.2 Å². The molecule has 0 spiro atoms. The zero-order valence-electron chi connectivity index (χ0n) is 14.4. The molecule has 132 valence electrons. The number of carbonyl (C=O) groups is 2. The lowest BCUT2D eigenvalue weighted by molar-refractivity contribution is -0.128. The molecule has 0 bridgehead atoms. The molecule has 1 N–H and O–H groups in total. The van der Waals surface area contributed by atoms with Crippen molar-refractivity contribution in [2.24, 2.45) is 0 Å². The molecule has 2 amide bonds. The number of aromatic nitrogens is 1. The van der Waals surface area contributed by atoms with Gasteiger partial charge in [0.2, 0.25) is 11.7 Å². The molecular weight excluding hydrogens is 330 g/mol. The highest BCUT2D eigenvalue weighted by Crippen LogP contribution is 2.22. The molecule has 1 saturated heterocycles. The molecule has 1 atom stereocenters. The molecule has 4 rings (SSSR count). The number of nitrogens with one attached hydrogen (secondary N) is 1. The normalized spacial score (nSPS) is 17.0. The van der Waals surface area contributed by atoms with Gasteiger partial charge in [-0.25, -0.2) is 4.98 Å². The van der Waals surface area contributed by atoms with E-state index >= 15 is 0 Å². The van der Waals surface area contributed by atoms with Gasteiger partial charge in [0.25, 0.3) is 5.91 Å². The molecule has 0 radical (unpaired) electrons. The summed E-state index contributed by atoms with van der Waals surface area (Å²) in [5.41, 5.74) is 1.65. The van der Waals surface area contributed by atoms with Crippen LogP contribution in [-0.4, -0.2) is 34.3 Å². The first-order valence-electron chi connectivity index (χ1n) is 8.57. The summed E-state index contributed by atoms with van der Waals surface area (Å²) in [5, 5.41) is 5.17. The van der Waals surface area contributed by atoms with Gasteiger partial charge in [-0.15, -0.1) is 0 Å². The Morgan fingerprint density at radius 2 is 2.08 bits per heavy atom. The van der Waals surface area contributed by atoms with Crippen LogP contribution in [0.25, 0.3) is 10.8 Å². The maximum atomic E-state index is 12.4. The molecule has 1 aromatic heterocycles. The van der Waals surface area contributed by atoms with Crippen LogP contribution >= 0.6 is 0 Å². The van der Waals surface area contributed by atoms with Crippen LogP contribution in [0.4, 0.5) is 0 Å². The topological polar surface area (TPSA) is 75.4 Å². The summed E-state index contributed by atoms with van der Waals surface area (Å²) < 4.78 is 5.11. The molecule has 1 aliphatic rings. The Morgan fingerprint density at radius 1 is 1.27 bits per heavy atom. The molecule has 1 aliphatic heterocycles. The van der Waals surface area contributed by atoms with Crippen molar-refractivity contribution in [2.45, 2.75) is 25.9 Å². The lowest BCUT2D eigenvalue weighted by Gasteiger charge is -2.18. The van der Waals surface area contributed by atoms with Crippen molar-refractivity contribution in [2.75, 3.05) is 6.54 Å². The zero-order chi connectivity index (χ0) is 18.1. The lowest BCUT2D eigenvalue weighted by Crippen LogP contribution is -2.37. The number of likely N-dealkylation sites (tertiary alicyclic amines) is 1. The second-order valence-electron chi connectivity index (χ2n) is 6.55. The fraction of sp³-hybridized carbons (Fsp3) is 0.250. The van der Waals surface area contributed by atoms with E-state index in [9.17, 15) is 9.59 Å². The predicted molar refractivity (Wildman–Crippen MR) is 96.5 cm³/mol. The van der Waals surface area contributed by atoms with Gasteiger partial charge in [-0.05, 0) is 23.3 Å². The average molecular weight is 349 g/mol. The van der Waals surface area contributed by atoms with Gasteiger partial charge in [-0.1, -0.05) is 42.5 Å². The highest BCUT2D eigenvalue weighted by molar-refractivity contribution is 5.93. The maximum Gasteiger partial charge on any atom is 0.289 e. The first kappa shape index (κ1) is 16.3.